The van der Waals surface area contributed by atoms with Crippen molar-refractivity contribution in [1.29, 1.82) is 0 Å². The molecule has 19 heavy (non-hydrogen) atoms. The van der Waals surface area contributed by atoms with E-state index in [1.165, 1.54) is 6.07 Å². The molecular formula is C15H16ClFN2. The minimum absolute atomic E-state index is 0.317. The summed E-state index contributed by atoms with van der Waals surface area (Å²) in [5, 5.41) is 0.410. The first-order valence-electron chi connectivity index (χ1n) is 6.11. The van der Waals surface area contributed by atoms with E-state index < -0.39 is 0 Å². The molecule has 1 aromatic carbocycles. The van der Waals surface area contributed by atoms with Crippen molar-refractivity contribution in [3.8, 4) is 0 Å². The Balaban J connectivity index is 2.28. The van der Waals surface area contributed by atoms with Gasteiger partial charge in [-0.3, -0.25) is 4.98 Å². The number of halogens is 2. The monoisotopic (exact) mass is 278 g/mol. The van der Waals surface area contributed by atoms with Crippen molar-refractivity contribution < 1.29 is 4.39 Å². The first-order valence-corrected chi connectivity index (χ1v) is 6.49. The average Bonchev–Trinajstić information content (AvgIpc) is 2.33. The van der Waals surface area contributed by atoms with Crippen LogP contribution in [0.15, 0.2) is 30.3 Å². The number of aryl methyl sites for hydroxylation is 2. The lowest BCUT2D eigenvalue weighted by molar-refractivity contribution is 0.592. The van der Waals surface area contributed by atoms with Crippen LogP contribution in [0.3, 0.4) is 0 Å². The molecule has 0 fully saturated rings. The molecule has 2 N–H and O–H groups in total. The van der Waals surface area contributed by atoms with Gasteiger partial charge in [-0.15, -0.1) is 0 Å². The first-order chi connectivity index (χ1) is 8.99. The third kappa shape index (κ3) is 3.11. The predicted molar refractivity (Wildman–Crippen MR) is 75.8 cm³/mol. The quantitative estimate of drug-likeness (QED) is 0.929. The van der Waals surface area contributed by atoms with E-state index >= 15 is 0 Å². The Hall–Kier alpha value is -1.45. The van der Waals surface area contributed by atoms with Gasteiger partial charge in [0.1, 0.15) is 5.82 Å². The molecule has 1 unspecified atom stereocenters. The molecule has 100 valence electrons. The summed E-state index contributed by atoms with van der Waals surface area (Å²) in [6.07, 6.45) is 0.358. The van der Waals surface area contributed by atoms with Crippen molar-refractivity contribution in [2.24, 2.45) is 5.73 Å². The van der Waals surface area contributed by atoms with Crippen LogP contribution in [0.4, 0.5) is 4.39 Å². The molecule has 0 aliphatic carbocycles. The summed E-state index contributed by atoms with van der Waals surface area (Å²) < 4.78 is 13.7. The number of nitrogens with zero attached hydrogens (tertiary/aromatic N) is 1. The van der Waals surface area contributed by atoms with Crippen LogP contribution in [-0.2, 0) is 6.42 Å². The van der Waals surface area contributed by atoms with Crippen LogP contribution in [0.25, 0.3) is 0 Å². The zero-order valence-electron chi connectivity index (χ0n) is 11.0. The first kappa shape index (κ1) is 14.0. The van der Waals surface area contributed by atoms with Gasteiger partial charge in [-0.2, -0.15) is 0 Å². The summed E-state index contributed by atoms with van der Waals surface area (Å²) in [4.78, 5) is 4.37. The van der Waals surface area contributed by atoms with Gasteiger partial charge >= 0.3 is 0 Å². The topological polar surface area (TPSA) is 38.9 Å². The number of nitrogens with two attached hydrogens (primary N) is 1. The molecule has 0 saturated carbocycles. The van der Waals surface area contributed by atoms with Crippen LogP contribution < -0.4 is 5.73 Å². The summed E-state index contributed by atoms with van der Waals surface area (Å²) in [5.41, 5.74) is 9.34. The van der Waals surface area contributed by atoms with Crippen molar-refractivity contribution in [2.75, 3.05) is 0 Å². The summed E-state index contributed by atoms with van der Waals surface area (Å²) in [7, 11) is 0. The zero-order valence-corrected chi connectivity index (χ0v) is 11.7. The van der Waals surface area contributed by atoms with Crippen molar-refractivity contribution in [3.05, 3.63) is 63.7 Å². The van der Waals surface area contributed by atoms with E-state index in [9.17, 15) is 4.39 Å². The number of rotatable bonds is 3. The molecular weight excluding hydrogens is 263 g/mol. The standard InChI is InChI=1S/C15H16ClFN2/c1-9-6-7-11(10(2)19-9)15(18)8-12-13(16)4-3-5-14(12)17/h3-7,15H,8,18H2,1-2H3. The molecule has 1 aromatic heterocycles. The minimum Gasteiger partial charge on any atom is -0.324 e. The van der Waals surface area contributed by atoms with Gasteiger partial charge in [0, 0.05) is 28.0 Å². The highest BCUT2D eigenvalue weighted by Gasteiger charge is 2.15. The van der Waals surface area contributed by atoms with Gasteiger partial charge < -0.3 is 5.73 Å². The highest BCUT2D eigenvalue weighted by Crippen LogP contribution is 2.25. The van der Waals surface area contributed by atoms with Crippen LogP contribution >= 0.6 is 11.6 Å². The predicted octanol–water partition coefficient (Wildman–Crippen LogP) is 3.73. The average molecular weight is 279 g/mol. The van der Waals surface area contributed by atoms with Crippen LogP contribution in [0.5, 0.6) is 0 Å². The molecule has 0 radical (unpaired) electrons. The molecule has 2 nitrogen and oxygen atoms in total. The van der Waals surface area contributed by atoms with E-state index in [0.29, 0.717) is 17.0 Å². The lowest BCUT2D eigenvalue weighted by Crippen LogP contribution is -2.16. The van der Waals surface area contributed by atoms with Crippen molar-refractivity contribution in [2.45, 2.75) is 26.3 Å². The van der Waals surface area contributed by atoms with Crippen LogP contribution in [0.2, 0.25) is 5.02 Å². The maximum absolute atomic E-state index is 13.7. The number of aromatic nitrogens is 1. The van der Waals surface area contributed by atoms with E-state index in [0.717, 1.165) is 17.0 Å². The Morgan fingerprint density at radius 3 is 2.63 bits per heavy atom. The number of hydrogen-bond acceptors (Lipinski definition) is 2. The fraction of sp³-hybridized carbons (Fsp3) is 0.267. The van der Waals surface area contributed by atoms with E-state index in [1.54, 1.807) is 12.1 Å². The van der Waals surface area contributed by atoms with Crippen molar-refractivity contribution >= 4 is 11.6 Å². The summed E-state index contributed by atoms with van der Waals surface area (Å²) >= 11 is 6.01. The molecule has 1 atom stereocenters. The van der Waals surface area contributed by atoms with Gasteiger partial charge in [0.2, 0.25) is 0 Å². The third-order valence-electron chi connectivity index (χ3n) is 3.15. The molecule has 0 aliphatic rings. The fourth-order valence-electron chi connectivity index (χ4n) is 2.15. The second-order valence-corrected chi connectivity index (χ2v) is 5.05. The summed E-state index contributed by atoms with van der Waals surface area (Å²) in [6, 6.07) is 8.19. The number of hydrogen-bond donors (Lipinski definition) is 1. The Morgan fingerprint density at radius 1 is 1.26 bits per heavy atom. The highest BCUT2D eigenvalue weighted by atomic mass is 35.5. The van der Waals surface area contributed by atoms with E-state index in [2.05, 4.69) is 4.98 Å². The molecule has 0 aliphatic heterocycles. The van der Waals surface area contributed by atoms with Crippen LogP contribution in [-0.4, -0.2) is 4.98 Å². The molecule has 2 aromatic rings. The Kier molecular flexibility index (Phi) is 4.17. The van der Waals surface area contributed by atoms with Gasteiger partial charge in [0.05, 0.1) is 0 Å². The number of benzene rings is 1. The lowest BCUT2D eigenvalue weighted by atomic mass is 9.98. The zero-order chi connectivity index (χ0) is 14.0. The van der Waals surface area contributed by atoms with Gasteiger partial charge in [-0.1, -0.05) is 23.7 Å². The molecule has 4 heteroatoms. The third-order valence-corrected chi connectivity index (χ3v) is 3.51. The second-order valence-electron chi connectivity index (χ2n) is 4.64. The SMILES string of the molecule is Cc1ccc(C(N)Cc2c(F)cccc2Cl)c(C)n1. The van der Waals surface area contributed by atoms with E-state index in [-0.39, 0.29) is 11.9 Å². The largest absolute Gasteiger partial charge is 0.324 e. The Labute approximate surface area is 117 Å². The van der Waals surface area contributed by atoms with Crippen LogP contribution in [0.1, 0.15) is 28.6 Å². The summed E-state index contributed by atoms with van der Waals surface area (Å²) in [5.74, 6) is -0.319. The Morgan fingerprint density at radius 2 is 2.00 bits per heavy atom. The lowest BCUT2D eigenvalue weighted by Gasteiger charge is -2.16. The van der Waals surface area contributed by atoms with Gasteiger partial charge in [-0.25, -0.2) is 4.39 Å². The van der Waals surface area contributed by atoms with Crippen LogP contribution in [0, 0.1) is 19.7 Å². The smallest absolute Gasteiger partial charge is 0.127 e. The van der Waals surface area contributed by atoms with E-state index in [4.69, 9.17) is 17.3 Å². The highest BCUT2D eigenvalue weighted by molar-refractivity contribution is 6.31. The Bertz CT molecular complexity index is 578. The van der Waals surface area contributed by atoms with Crippen molar-refractivity contribution in [3.63, 3.8) is 0 Å². The van der Waals surface area contributed by atoms with Gasteiger partial charge in [0.15, 0.2) is 0 Å². The maximum Gasteiger partial charge on any atom is 0.127 e. The molecule has 1 heterocycles. The molecule has 0 spiro atoms. The minimum atomic E-state index is -0.319. The number of pyridine rings is 1. The molecule has 0 bridgehead atoms. The second kappa shape index (κ2) is 5.68. The summed E-state index contributed by atoms with van der Waals surface area (Å²) in [6.45, 7) is 3.83. The normalized spacial score (nSPS) is 12.5. The fourth-order valence-corrected chi connectivity index (χ4v) is 2.39. The molecule has 0 amide bonds. The molecule has 0 saturated heterocycles. The molecule has 2 rings (SSSR count). The maximum atomic E-state index is 13.7. The van der Waals surface area contributed by atoms with E-state index in [1.807, 2.05) is 26.0 Å². The van der Waals surface area contributed by atoms with Crippen molar-refractivity contribution in [1.82, 2.24) is 4.98 Å². The van der Waals surface area contributed by atoms with Gasteiger partial charge in [0.25, 0.3) is 0 Å². The van der Waals surface area contributed by atoms with Gasteiger partial charge in [-0.05, 0) is 44.0 Å².